The lowest BCUT2D eigenvalue weighted by Gasteiger charge is -2.01. The predicted molar refractivity (Wildman–Crippen MR) is 52.4 cm³/mol. The third kappa shape index (κ3) is 4.30. The van der Waals surface area contributed by atoms with E-state index in [0.29, 0.717) is 12.2 Å². The summed E-state index contributed by atoms with van der Waals surface area (Å²) in [6.07, 6.45) is 0. The lowest BCUT2D eigenvalue weighted by Crippen LogP contribution is -2.06. The Hall–Kier alpha value is -1.78. The Morgan fingerprint density at radius 3 is 2.73 bits per heavy atom. The standard InChI is InChI=1S/C10H11FN2O2/c1-8(6-15-7-14)12-13-10-4-2-9(11)3-5-10/h2-5,7-8H,6H2,1H3/b13-12+. The van der Waals surface area contributed by atoms with Crippen LogP contribution in [0.4, 0.5) is 10.1 Å². The molecule has 1 atom stereocenters. The van der Waals surface area contributed by atoms with Crippen LogP contribution in [0, 0.1) is 5.82 Å². The van der Waals surface area contributed by atoms with E-state index < -0.39 is 0 Å². The summed E-state index contributed by atoms with van der Waals surface area (Å²) in [5, 5.41) is 7.74. The van der Waals surface area contributed by atoms with Gasteiger partial charge >= 0.3 is 0 Å². The monoisotopic (exact) mass is 210 g/mol. The first-order chi connectivity index (χ1) is 7.22. The maximum atomic E-state index is 12.5. The van der Waals surface area contributed by atoms with E-state index in [9.17, 15) is 9.18 Å². The topological polar surface area (TPSA) is 51.0 Å². The molecule has 15 heavy (non-hydrogen) atoms. The minimum Gasteiger partial charge on any atom is -0.466 e. The summed E-state index contributed by atoms with van der Waals surface area (Å²) >= 11 is 0. The van der Waals surface area contributed by atoms with E-state index in [1.807, 2.05) is 0 Å². The van der Waals surface area contributed by atoms with Crippen LogP contribution in [-0.4, -0.2) is 19.1 Å². The molecule has 80 valence electrons. The summed E-state index contributed by atoms with van der Waals surface area (Å²) in [7, 11) is 0. The fraction of sp³-hybridized carbons (Fsp3) is 0.300. The Kier molecular flexibility index (Phi) is 4.40. The molecular weight excluding hydrogens is 199 g/mol. The molecule has 5 heteroatoms. The van der Waals surface area contributed by atoms with Gasteiger partial charge in [-0.1, -0.05) is 0 Å². The third-order valence-electron chi connectivity index (χ3n) is 1.60. The molecule has 0 aliphatic carbocycles. The van der Waals surface area contributed by atoms with Crippen molar-refractivity contribution in [2.24, 2.45) is 10.2 Å². The van der Waals surface area contributed by atoms with Crippen LogP contribution in [0.15, 0.2) is 34.5 Å². The Bertz CT molecular complexity index is 338. The SMILES string of the molecule is CC(COC=O)/N=N/c1ccc(F)cc1. The summed E-state index contributed by atoms with van der Waals surface area (Å²) in [6.45, 7) is 2.31. The van der Waals surface area contributed by atoms with Crippen molar-refractivity contribution in [3.8, 4) is 0 Å². The fourth-order valence-electron chi connectivity index (χ4n) is 0.885. The molecule has 0 aliphatic heterocycles. The summed E-state index contributed by atoms with van der Waals surface area (Å²) in [6, 6.07) is 5.44. The number of nitrogens with zero attached hydrogens (tertiary/aromatic N) is 2. The van der Waals surface area contributed by atoms with Gasteiger partial charge in [0, 0.05) is 0 Å². The lowest BCUT2D eigenvalue weighted by molar-refractivity contribution is -0.129. The van der Waals surface area contributed by atoms with Crippen LogP contribution >= 0.6 is 0 Å². The van der Waals surface area contributed by atoms with Crippen molar-refractivity contribution >= 4 is 12.2 Å². The molecule has 0 amide bonds. The molecular formula is C10H11FN2O2. The molecule has 4 nitrogen and oxygen atoms in total. The number of halogens is 1. The fourth-order valence-corrected chi connectivity index (χ4v) is 0.885. The third-order valence-corrected chi connectivity index (χ3v) is 1.60. The molecule has 0 aliphatic rings. The summed E-state index contributed by atoms with van der Waals surface area (Å²) in [4.78, 5) is 9.88. The van der Waals surface area contributed by atoms with Gasteiger partial charge in [0.2, 0.25) is 0 Å². The zero-order valence-electron chi connectivity index (χ0n) is 8.26. The Morgan fingerprint density at radius 2 is 2.13 bits per heavy atom. The first-order valence-corrected chi connectivity index (χ1v) is 4.44. The number of hydrogen-bond donors (Lipinski definition) is 0. The Morgan fingerprint density at radius 1 is 1.47 bits per heavy atom. The maximum Gasteiger partial charge on any atom is 0.293 e. The van der Waals surface area contributed by atoms with E-state index in [-0.39, 0.29) is 18.5 Å². The van der Waals surface area contributed by atoms with Crippen molar-refractivity contribution in [2.45, 2.75) is 13.0 Å². The predicted octanol–water partition coefficient (Wildman–Crippen LogP) is 2.47. The number of ether oxygens (including phenoxy) is 1. The first-order valence-electron chi connectivity index (χ1n) is 4.44. The second kappa shape index (κ2) is 5.85. The molecule has 1 aromatic carbocycles. The number of hydrogen-bond acceptors (Lipinski definition) is 4. The van der Waals surface area contributed by atoms with Crippen molar-refractivity contribution in [1.29, 1.82) is 0 Å². The van der Waals surface area contributed by atoms with E-state index in [4.69, 9.17) is 0 Å². The van der Waals surface area contributed by atoms with Gasteiger partial charge in [0.25, 0.3) is 6.47 Å². The molecule has 0 bridgehead atoms. The molecule has 1 rings (SSSR count). The highest BCUT2D eigenvalue weighted by Gasteiger charge is 1.98. The molecule has 0 fully saturated rings. The summed E-state index contributed by atoms with van der Waals surface area (Å²) in [5.41, 5.74) is 0.564. The zero-order valence-corrected chi connectivity index (χ0v) is 8.26. The van der Waals surface area contributed by atoms with E-state index in [1.165, 1.54) is 24.3 Å². The molecule has 0 aromatic heterocycles. The van der Waals surface area contributed by atoms with Gasteiger partial charge in [0.15, 0.2) is 0 Å². The second-order valence-electron chi connectivity index (χ2n) is 2.97. The van der Waals surface area contributed by atoms with Crippen molar-refractivity contribution in [2.75, 3.05) is 6.61 Å². The highest BCUT2D eigenvalue weighted by atomic mass is 19.1. The highest BCUT2D eigenvalue weighted by molar-refractivity contribution is 5.37. The molecule has 0 spiro atoms. The van der Waals surface area contributed by atoms with E-state index in [0.717, 1.165) is 0 Å². The quantitative estimate of drug-likeness (QED) is 0.553. The van der Waals surface area contributed by atoms with Gasteiger partial charge < -0.3 is 4.74 Å². The number of azo groups is 1. The summed E-state index contributed by atoms with van der Waals surface area (Å²) < 4.78 is 17.0. The summed E-state index contributed by atoms with van der Waals surface area (Å²) in [5.74, 6) is -0.314. The first kappa shape index (κ1) is 11.3. The van der Waals surface area contributed by atoms with Crippen molar-refractivity contribution in [1.82, 2.24) is 0 Å². The zero-order chi connectivity index (χ0) is 11.1. The highest BCUT2D eigenvalue weighted by Crippen LogP contribution is 2.13. The lowest BCUT2D eigenvalue weighted by atomic mass is 10.3. The van der Waals surface area contributed by atoms with Gasteiger partial charge in [-0.2, -0.15) is 10.2 Å². The molecule has 0 saturated heterocycles. The minimum absolute atomic E-state index is 0.189. The molecule has 0 N–H and O–H groups in total. The van der Waals surface area contributed by atoms with Crippen LogP contribution in [0.5, 0.6) is 0 Å². The van der Waals surface area contributed by atoms with Crippen LogP contribution in [0.2, 0.25) is 0 Å². The van der Waals surface area contributed by atoms with Crippen LogP contribution in [0.3, 0.4) is 0 Å². The number of rotatable bonds is 5. The van der Waals surface area contributed by atoms with Gasteiger partial charge in [0.05, 0.1) is 5.69 Å². The van der Waals surface area contributed by atoms with Gasteiger partial charge in [0.1, 0.15) is 18.5 Å². The Labute approximate surface area is 86.8 Å². The van der Waals surface area contributed by atoms with Gasteiger partial charge in [-0.25, -0.2) is 4.39 Å². The van der Waals surface area contributed by atoms with Crippen molar-refractivity contribution in [3.63, 3.8) is 0 Å². The number of carbonyl (C=O) groups excluding carboxylic acids is 1. The molecule has 0 radical (unpaired) electrons. The van der Waals surface area contributed by atoms with Crippen molar-refractivity contribution < 1.29 is 13.9 Å². The smallest absolute Gasteiger partial charge is 0.293 e. The molecule has 1 unspecified atom stereocenters. The minimum atomic E-state index is -0.314. The average Bonchev–Trinajstić information content (AvgIpc) is 2.25. The number of benzene rings is 1. The molecule has 1 aromatic rings. The van der Waals surface area contributed by atoms with Gasteiger partial charge in [-0.05, 0) is 31.2 Å². The van der Waals surface area contributed by atoms with Gasteiger partial charge in [-0.3, -0.25) is 4.79 Å². The number of carbonyl (C=O) groups is 1. The van der Waals surface area contributed by atoms with Crippen molar-refractivity contribution in [3.05, 3.63) is 30.1 Å². The van der Waals surface area contributed by atoms with E-state index in [1.54, 1.807) is 6.92 Å². The Balaban J connectivity index is 2.49. The second-order valence-corrected chi connectivity index (χ2v) is 2.97. The molecule has 0 heterocycles. The van der Waals surface area contributed by atoms with E-state index in [2.05, 4.69) is 15.0 Å². The average molecular weight is 210 g/mol. The molecule has 0 saturated carbocycles. The van der Waals surface area contributed by atoms with Crippen LogP contribution in [0.1, 0.15) is 6.92 Å². The van der Waals surface area contributed by atoms with Crippen LogP contribution in [-0.2, 0) is 9.53 Å². The van der Waals surface area contributed by atoms with Crippen LogP contribution < -0.4 is 0 Å². The van der Waals surface area contributed by atoms with E-state index >= 15 is 0 Å². The van der Waals surface area contributed by atoms with Gasteiger partial charge in [-0.15, -0.1) is 0 Å². The van der Waals surface area contributed by atoms with Crippen LogP contribution in [0.25, 0.3) is 0 Å². The largest absolute Gasteiger partial charge is 0.466 e. The maximum absolute atomic E-state index is 12.5. The normalized spacial score (nSPS) is 12.7.